The molecule has 0 spiro atoms. The van der Waals surface area contributed by atoms with Gasteiger partial charge in [0.15, 0.2) is 0 Å². The maximum Gasteiger partial charge on any atom is 0.330 e. The number of rotatable bonds is 5. The summed E-state index contributed by atoms with van der Waals surface area (Å²) in [7, 11) is 10.3. The number of carbonyl (C=O) groups is 1. The highest BCUT2D eigenvalue weighted by atomic mass is 127. The van der Waals surface area contributed by atoms with Gasteiger partial charge in [0, 0.05) is 25.5 Å². The second-order valence-electron chi connectivity index (χ2n) is 5.97. The van der Waals surface area contributed by atoms with Gasteiger partial charge in [0.1, 0.15) is 0 Å². The van der Waals surface area contributed by atoms with Crippen molar-refractivity contribution in [3.05, 3.63) is 24.3 Å². The van der Waals surface area contributed by atoms with Crippen LogP contribution in [0.15, 0.2) is 24.3 Å². The van der Waals surface area contributed by atoms with E-state index in [9.17, 15) is 4.79 Å². The number of quaternary nitrogens is 1. The Balaban J connectivity index is 2.59. The highest BCUT2D eigenvalue weighted by Gasteiger charge is 2.15. The van der Waals surface area contributed by atoms with Crippen molar-refractivity contribution in [2.24, 2.45) is 0 Å². The molecule has 0 bridgehead atoms. The van der Waals surface area contributed by atoms with Gasteiger partial charge in [0.2, 0.25) is 0 Å². The Morgan fingerprint density at radius 2 is 1.95 bits per heavy atom. The molecule has 20 heavy (non-hydrogen) atoms. The topological polar surface area (TPSA) is 35.6 Å². The fourth-order valence-electron chi connectivity index (χ4n) is 1.54. The largest absolute Gasteiger partial charge is 0.378 e. The number of likely N-dealkylation sites (N-methyl/N-ethyl adjacent to an activating group) is 1. The zero-order chi connectivity index (χ0) is 15.3. The predicted molar refractivity (Wildman–Crippen MR) is 93.4 cm³/mol. The monoisotopic (exact) mass is 391 g/mol. The molecule has 1 aromatic carbocycles. The number of hydrogen-bond acceptors (Lipinski definition) is 2. The molecule has 0 unspecified atom stereocenters. The van der Waals surface area contributed by atoms with Crippen LogP contribution >= 0.6 is 22.9 Å². The molecule has 0 saturated carbocycles. The van der Waals surface area contributed by atoms with E-state index < -0.39 is 0 Å². The predicted octanol–water partition coefficient (Wildman–Crippen LogP) is 2.64. The van der Waals surface area contributed by atoms with Crippen LogP contribution in [0.1, 0.15) is 0 Å². The van der Waals surface area contributed by atoms with Crippen molar-refractivity contribution in [3.8, 4) is 0 Å². The lowest BCUT2D eigenvalue weighted by molar-refractivity contribution is -0.869. The van der Waals surface area contributed by atoms with Crippen LogP contribution in [0.2, 0.25) is 0 Å². The molecule has 0 aliphatic rings. The summed E-state index contributed by atoms with van der Waals surface area (Å²) in [4.78, 5) is 14.1. The van der Waals surface area contributed by atoms with E-state index in [1.54, 1.807) is 3.11 Å². The number of amides is 2. The van der Waals surface area contributed by atoms with Crippen LogP contribution in [0.4, 0.5) is 16.2 Å². The molecule has 1 N–H and O–H groups in total. The van der Waals surface area contributed by atoms with Crippen molar-refractivity contribution in [1.29, 1.82) is 0 Å². The third-order valence-electron chi connectivity index (χ3n) is 2.80. The van der Waals surface area contributed by atoms with E-state index in [4.69, 9.17) is 0 Å². The van der Waals surface area contributed by atoms with Crippen molar-refractivity contribution in [1.82, 2.24) is 3.11 Å². The third kappa shape index (κ3) is 5.96. The zero-order valence-corrected chi connectivity index (χ0v) is 15.0. The maximum absolute atomic E-state index is 12.1. The highest BCUT2D eigenvalue weighted by Crippen LogP contribution is 2.18. The number of nitrogens with one attached hydrogen (secondary N) is 1. The van der Waals surface area contributed by atoms with Gasteiger partial charge in [-0.15, -0.1) is 0 Å². The fraction of sp³-hybridized carbons (Fsp3) is 0.500. The lowest BCUT2D eigenvalue weighted by atomic mass is 10.2. The van der Waals surface area contributed by atoms with E-state index in [1.165, 1.54) is 0 Å². The summed E-state index contributed by atoms with van der Waals surface area (Å²) >= 11 is 2.06. The van der Waals surface area contributed by atoms with E-state index in [1.807, 2.05) is 43.3 Å². The Hall–Kier alpha value is -1.02. The summed E-state index contributed by atoms with van der Waals surface area (Å²) in [5.41, 5.74) is 1.88. The number of benzene rings is 1. The lowest BCUT2D eigenvalue weighted by Crippen LogP contribution is -2.41. The molecule has 0 saturated heterocycles. The molecule has 0 aromatic heterocycles. The second-order valence-corrected chi connectivity index (χ2v) is 7.14. The molecule has 6 heteroatoms. The number of halogens is 1. The van der Waals surface area contributed by atoms with Crippen LogP contribution in [-0.2, 0) is 0 Å². The highest BCUT2D eigenvalue weighted by molar-refractivity contribution is 14.1. The summed E-state index contributed by atoms with van der Waals surface area (Å²) in [6.07, 6.45) is 0. The standard InChI is InChI=1S/C14H23IN4O/c1-17(2)13-8-6-7-12(11-13)16-14(20)18(15)9-10-19(3,4)5/h6-8,11H,9-10H2,1-5H3/p+1. The van der Waals surface area contributed by atoms with E-state index in [0.29, 0.717) is 6.54 Å². The maximum atomic E-state index is 12.1. The normalized spacial score (nSPS) is 11.1. The number of anilines is 2. The molecule has 112 valence electrons. The first-order chi connectivity index (χ1) is 9.19. The van der Waals surface area contributed by atoms with Crippen LogP contribution in [0.3, 0.4) is 0 Å². The SMILES string of the molecule is CN(C)c1cccc(NC(=O)N(I)CC[N+](C)(C)C)c1. The number of nitrogens with zero attached hydrogens (tertiary/aromatic N) is 3. The van der Waals surface area contributed by atoms with Crippen molar-refractivity contribution in [3.63, 3.8) is 0 Å². The number of urea groups is 1. The zero-order valence-electron chi connectivity index (χ0n) is 12.9. The van der Waals surface area contributed by atoms with Crippen LogP contribution in [0.5, 0.6) is 0 Å². The molecule has 1 rings (SSSR count). The quantitative estimate of drug-likeness (QED) is 0.476. The summed E-state index contributed by atoms with van der Waals surface area (Å²) < 4.78 is 2.52. The molecule has 0 atom stereocenters. The van der Waals surface area contributed by atoms with E-state index in [-0.39, 0.29) is 6.03 Å². The molecule has 0 aliphatic heterocycles. The summed E-state index contributed by atoms with van der Waals surface area (Å²) in [5, 5.41) is 2.92. The Labute approximate surface area is 135 Å². The molecular formula is C14H24IN4O+. The van der Waals surface area contributed by atoms with Crippen LogP contribution in [0, 0.1) is 0 Å². The van der Waals surface area contributed by atoms with Gasteiger partial charge in [-0.1, -0.05) is 6.07 Å². The van der Waals surface area contributed by atoms with E-state index in [2.05, 4.69) is 49.3 Å². The fourth-order valence-corrected chi connectivity index (χ4v) is 1.87. The summed E-state index contributed by atoms with van der Waals surface area (Å²) in [6.45, 7) is 1.62. The average molecular weight is 391 g/mol. The van der Waals surface area contributed by atoms with Crippen LogP contribution in [-0.4, -0.2) is 62.0 Å². The molecule has 0 fully saturated rings. The first-order valence-corrected chi connectivity index (χ1v) is 7.48. The van der Waals surface area contributed by atoms with Gasteiger partial charge in [-0.05, 0) is 18.2 Å². The van der Waals surface area contributed by atoms with Gasteiger partial charge >= 0.3 is 6.03 Å². The molecular weight excluding hydrogens is 367 g/mol. The van der Waals surface area contributed by atoms with Gasteiger partial charge < -0.3 is 14.7 Å². The second kappa shape index (κ2) is 7.12. The summed E-state index contributed by atoms with van der Waals surface area (Å²) in [6, 6.07) is 7.72. The first kappa shape index (κ1) is 17.0. The van der Waals surface area contributed by atoms with Gasteiger partial charge in [0.25, 0.3) is 0 Å². The van der Waals surface area contributed by atoms with Gasteiger partial charge in [0.05, 0.1) is 57.1 Å². The molecule has 0 aliphatic carbocycles. The molecule has 2 amide bonds. The van der Waals surface area contributed by atoms with Crippen molar-refractivity contribution >= 4 is 40.3 Å². The van der Waals surface area contributed by atoms with Crippen LogP contribution < -0.4 is 10.2 Å². The number of carbonyl (C=O) groups excluding carboxylic acids is 1. The Morgan fingerprint density at radius 1 is 1.30 bits per heavy atom. The minimum Gasteiger partial charge on any atom is -0.378 e. The molecule has 0 radical (unpaired) electrons. The minimum absolute atomic E-state index is 0.0880. The van der Waals surface area contributed by atoms with Crippen molar-refractivity contribution in [2.75, 3.05) is 58.5 Å². The van der Waals surface area contributed by atoms with Gasteiger partial charge in [-0.3, -0.25) is 3.11 Å². The Kier molecular flexibility index (Phi) is 6.07. The van der Waals surface area contributed by atoms with Crippen LogP contribution in [0.25, 0.3) is 0 Å². The van der Waals surface area contributed by atoms with E-state index in [0.717, 1.165) is 22.4 Å². The van der Waals surface area contributed by atoms with Gasteiger partial charge in [-0.25, -0.2) is 4.79 Å². The molecule has 0 heterocycles. The minimum atomic E-state index is -0.0880. The first-order valence-electron chi connectivity index (χ1n) is 6.51. The Bertz CT molecular complexity index is 457. The molecule has 1 aromatic rings. The third-order valence-corrected chi connectivity index (χ3v) is 3.72. The van der Waals surface area contributed by atoms with Crippen molar-refractivity contribution in [2.45, 2.75) is 0 Å². The lowest BCUT2D eigenvalue weighted by Gasteiger charge is -2.26. The smallest absolute Gasteiger partial charge is 0.330 e. The molecule has 5 nitrogen and oxygen atoms in total. The number of hydrogen-bond donors (Lipinski definition) is 1. The Morgan fingerprint density at radius 3 is 2.50 bits per heavy atom. The van der Waals surface area contributed by atoms with E-state index >= 15 is 0 Å². The van der Waals surface area contributed by atoms with Gasteiger partial charge in [-0.2, -0.15) is 0 Å². The van der Waals surface area contributed by atoms with Crippen molar-refractivity contribution < 1.29 is 9.28 Å². The summed E-state index contributed by atoms with van der Waals surface area (Å²) in [5.74, 6) is 0. The average Bonchev–Trinajstić information content (AvgIpc) is 2.35.